The Morgan fingerprint density at radius 2 is 1.46 bits per heavy atom. The topological polar surface area (TPSA) is 58.7 Å². The zero-order valence-corrected chi connectivity index (χ0v) is 27.2. The van der Waals surface area contributed by atoms with E-state index >= 15 is 0 Å². The van der Waals surface area contributed by atoms with Crippen LogP contribution in [0, 0.1) is 0 Å². The summed E-state index contributed by atoms with van der Waals surface area (Å²) in [4.78, 5) is 21.3. The molecule has 0 radical (unpaired) electrons. The van der Waals surface area contributed by atoms with Crippen molar-refractivity contribution in [3.05, 3.63) is 175 Å². The molecule has 50 heavy (non-hydrogen) atoms. The monoisotopic (exact) mass is 644 g/mol. The molecule has 6 heterocycles. The van der Waals surface area contributed by atoms with Crippen LogP contribution in [0.3, 0.4) is 0 Å². The summed E-state index contributed by atoms with van der Waals surface area (Å²) in [7, 11) is 0. The Morgan fingerprint density at radius 3 is 2.30 bits per heavy atom. The smallest absolute Gasteiger partial charge is 0.0963 e. The van der Waals surface area contributed by atoms with Gasteiger partial charge in [-0.05, 0) is 77.4 Å². The van der Waals surface area contributed by atoms with E-state index in [9.17, 15) is 0 Å². The molecule has 0 aliphatic carbocycles. The van der Waals surface area contributed by atoms with Crippen molar-refractivity contribution in [3.63, 3.8) is 0 Å². The summed E-state index contributed by atoms with van der Waals surface area (Å²) in [6.07, 6.45) is 14.4. The SMILES string of the molecule is C1=CC2c3ccccc3N(c3ccc(C4C=CC(c5ccc(-c6ccc(-n7c8ccccc8c8ncccc87)cc6)cn5)=NC4)cc3)C2C=N1. The fourth-order valence-corrected chi connectivity index (χ4v) is 7.83. The minimum Gasteiger partial charge on any atom is -0.332 e. The Kier molecular flexibility index (Phi) is 6.65. The lowest BCUT2D eigenvalue weighted by atomic mass is 9.94. The van der Waals surface area contributed by atoms with Crippen LogP contribution in [0.2, 0.25) is 0 Å². The summed E-state index contributed by atoms with van der Waals surface area (Å²) in [5.41, 5.74) is 13.4. The van der Waals surface area contributed by atoms with Crippen LogP contribution in [-0.4, -0.2) is 39.0 Å². The zero-order chi connectivity index (χ0) is 33.0. The Bertz CT molecular complexity index is 2470. The predicted octanol–water partition coefficient (Wildman–Crippen LogP) is 9.59. The van der Waals surface area contributed by atoms with Crippen molar-refractivity contribution < 1.29 is 0 Å². The van der Waals surface area contributed by atoms with Crippen molar-refractivity contribution >= 4 is 45.2 Å². The second kappa shape index (κ2) is 11.6. The van der Waals surface area contributed by atoms with Crippen molar-refractivity contribution in [2.75, 3.05) is 11.4 Å². The van der Waals surface area contributed by atoms with E-state index in [1.54, 1.807) is 0 Å². The lowest BCUT2D eigenvalue weighted by molar-refractivity contribution is 0.786. The Morgan fingerprint density at radius 1 is 0.660 bits per heavy atom. The van der Waals surface area contributed by atoms with Gasteiger partial charge >= 0.3 is 0 Å². The highest BCUT2D eigenvalue weighted by molar-refractivity contribution is 6.08. The first-order chi connectivity index (χ1) is 24.8. The first-order valence-electron chi connectivity index (χ1n) is 17.1. The number of hydrogen-bond acceptors (Lipinski definition) is 5. The van der Waals surface area contributed by atoms with E-state index in [1.807, 2.05) is 24.7 Å². The number of allylic oxidation sites excluding steroid dienone is 1. The fourth-order valence-electron chi connectivity index (χ4n) is 7.83. The van der Waals surface area contributed by atoms with E-state index < -0.39 is 0 Å². The number of anilines is 2. The first kappa shape index (κ1) is 28.6. The van der Waals surface area contributed by atoms with Gasteiger partial charge in [-0.1, -0.05) is 78.9 Å². The number of pyridine rings is 2. The molecule has 0 bridgehead atoms. The number of benzene rings is 4. The van der Waals surface area contributed by atoms with Gasteiger partial charge in [0.25, 0.3) is 0 Å². The fraction of sp³-hybridized carbons (Fsp3) is 0.0909. The highest BCUT2D eigenvalue weighted by Gasteiger charge is 2.37. The molecule has 0 saturated heterocycles. The van der Waals surface area contributed by atoms with Gasteiger partial charge in [0.15, 0.2) is 0 Å². The van der Waals surface area contributed by atoms with Crippen LogP contribution in [0.15, 0.2) is 168 Å². The van der Waals surface area contributed by atoms with Crippen LogP contribution in [-0.2, 0) is 0 Å². The molecule has 3 unspecified atom stereocenters. The predicted molar refractivity (Wildman–Crippen MR) is 204 cm³/mol. The maximum atomic E-state index is 4.96. The molecule has 3 aromatic heterocycles. The third-order valence-corrected chi connectivity index (χ3v) is 10.3. The van der Waals surface area contributed by atoms with E-state index in [1.165, 1.54) is 22.5 Å². The molecule has 0 fully saturated rings. The molecule has 238 valence electrons. The molecule has 6 nitrogen and oxygen atoms in total. The van der Waals surface area contributed by atoms with Crippen LogP contribution < -0.4 is 4.90 Å². The Balaban J connectivity index is 0.842. The van der Waals surface area contributed by atoms with Gasteiger partial charge in [-0.15, -0.1) is 0 Å². The van der Waals surface area contributed by atoms with Gasteiger partial charge in [-0.2, -0.15) is 0 Å². The number of aromatic nitrogens is 3. The molecular formula is C44H32N6. The van der Waals surface area contributed by atoms with E-state index in [0.717, 1.165) is 50.2 Å². The second-order valence-corrected chi connectivity index (χ2v) is 13.1. The highest BCUT2D eigenvalue weighted by Crippen LogP contribution is 2.46. The molecular weight excluding hydrogens is 613 g/mol. The lowest BCUT2D eigenvalue weighted by Gasteiger charge is -2.28. The third-order valence-electron chi connectivity index (χ3n) is 10.3. The number of para-hydroxylation sites is 2. The minimum absolute atomic E-state index is 0.201. The molecule has 10 rings (SSSR count). The van der Waals surface area contributed by atoms with Crippen molar-refractivity contribution in [1.82, 2.24) is 14.5 Å². The highest BCUT2D eigenvalue weighted by atomic mass is 15.2. The van der Waals surface area contributed by atoms with Gasteiger partial charge in [-0.3, -0.25) is 20.0 Å². The summed E-state index contributed by atoms with van der Waals surface area (Å²) in [5.74, 6) is 0.560. The maximum Gasteiger partial charge on any atom is 0.0963 e. The van der Waals surface area contributed by atoms with E-state index in [2.05, 4.69) is 159 Å². The summed E-state index contributed by atoms with van der Waals surface area (Å²) < 4.78 is 2.28. The van der Waals surface area contributed by atoms with E-state index in [0.29, 0.717) is 12.5 Å². The van der Waals surface area contributed by atoms with Crippen molar-refractivity contribution in [2.45, 2.75) is 17.9 Å². The lowest BCUT2D eigenvalue weighted by Crippen LogP contribution is -2.32. The first-order valence-corrected chi connectivity index (χ1v) is 17.1. The normalized spacial score (nSPS) is 19.2. The number of aliphatic imine (C=N–C) groups is 2. The number of hydrogen-bond donors (Lipinski definition) is 0. The van der Waals surface area contributed by atoms with Gasteiger partial charge in [0, 0.05) is 64.7 Å². The molecule has 0 spiro atoms. The maximum absolute atomic E-state index is 4.96. The summed E-state index contributed by atoms with van der Waals surface area (Å²) in [5, 5.41) is 1.16. The Labute approximate surface area is 290 Å². The zero-order valence-electron chi connectivity index (χ0n) is 27.2. The van der Waals surface area contributed by atoms with Gasteiger partial charge in [0.05, 0.1) is 40.5 Å². The van der Waals surface area contributed by atoms with E-state index in [4.69, 9.17) is 9.98 Å². The third kappa shape index (κ3) is 4.64. The molecule has 4 aromatic carbocycles. The summed E-state index contributed by atoms with van der Waals surface area (Å²) in [6, 6.07) is 43.3. The molecule has 3 aliphatic heterocycles. The molecule has 0 amide bonds. The number of dihydropyridines is 1. The quantitative estimate of drug-likeness (QED) is 0.188. The van der Waals surface area contributed by atoms with Crippen molar-refractivity contribution in [3.8, 4) is 16.8 Å². The van der Waals surface area contributed by atoms with E-state index in [-0.39, 0.29) is 12.0 Å². The average Bonchev–Trinajstić information content (AvgIpc) is 3.71. The van der Waals surface area contributed by atoms with Crippen molar-refractivity contribution in [2.24, 2.45) is 9.98 Å². The molecule has 3 atom stereocenters. The number of fused-ring (bicyclic) bond motifs is 6. The molecule has 6 heteroatoms. The molecule has 7 aromatic rings. The minimum atomic E-state index is 0.201. The van der Waals surface area contributed by atoms with Gasteiger partial charge in [-0.25, -0.2) is 0 Å². The standard InChI is InChI=1S/C44H32N6/c1-3-8-40-35(6-1)36-23-25-45-28-43(36)50(40)34-19-13-30(14-20-34)32-16-22-39(48-27-32)38-21-15-31(26-47-38)29-11-17-33(18-12-29)49-41-9-4-2-7-37(41)44-42(49)10-5-24-46-44/h1-26,28,32,36,43H,27H2. The van der Waals surface area contributed by atoms with Crippen molar-refractivity contribution in [1.29, 1.82) is 0 Å². The van der Waals surface area contributed by atoms with Crippen LogP contribution >= 0.6 is 0 Å². The van der Waals surface area contributed by atoms with Crippen LogP contribution in [0.25, 0.3) is 38.8 Å². The van der Waals surface area contributed by atoms with Crippen LogP contribution in [0.4, 0.5) is 11.4 Å². The number of nitrogens with zero attached hydrogens (tertiary/aromatic N) is 6. The molecule has 3 aliphatic rings. The van der Waals surface area contributed by atoms with Crippen LogP contribution in [0.1, 0.15) is 28.7 Å². The largest absolute Gasteiger partial charge is 0.332 e. The average molecular weight is 645 g/mol. The van der Waals surface area contributed by atoms with Crippen LogP contribution in [0.5, 0.6) is 0 Å². The Hall–Kier alpha value is -6.40. The number of rotatable bonds is 5. The van der Waals surface area contributed by atoms with Gasteiger partial charge < -0.3 is 9.47 Å². The second-order valence-electron chi connectivity index (χ2n) is 13.1. The summed E-state index contributed by atoms with van der Waals surface area (Å²) in [6.45, 7) is 0.697. The summed E-state index contributed by atoms with van der Waals surface area (Å²) >= 11 is 0. The molecule has 0 N–H and O–H groups in total. The van der Waals surface area contributed by atoms with Gasteiger partial charge in [0.2, 0.25) is 0 Å². The molecule has 0 saturated carbocycles. The van der Waals surface area contributed by atoms with Gasteiger partial charge in [0.1, 0.15) is 0 Å².